The molecule has 1 amide bonds. The molecule has 2 aliphatic rings. The van der Waals surface area contributed by atoms with Crippen molar-refractivity contribution in [3.8, 4) is 11.1 Å². The van der Waals surface area contributed by atoms with Gasteiger partial charge in [-0.15, -0.1) is 0 Å². The molecule has 22 heavy (non-hydrogen) atoms. The first-order chi connectivity index (χ1) is 10.7. The number of hydrogen-bond donors (Lipinski definition) is 2. The maximum Gasteiger partial charge on any atom is 0.342 e. The predicted octanol–water partition coefficient (Wildman–Crippen LogP) is 2.14. The van der Waals surface area contributed by atoms with Gasteiger partial charge in [-0.05, 0) is 25.3 Å². The first kappa shape index (κ1) is 13.5. The summed E-state index contributed by atoms with van der Waals surface area (Å²) in [4.78, 5) is 12.3. The van der Waals surface area contributed by atoms with Crippen molar-refractivity contribution in [3.05, 3.63) is 42.5 Å². The molecule has 0 saturated carbocycles. The van der Waals surface area contributed by atoms with Crippen LogP contribution in [0.1, 0.15) is 19.3 Å². The Balaban J connectivity index is 1.49. The summed E-state index contributed by atoms with van der Waals surface area (Å²) < 4.78 is 15.0. The minimum Gasteiger partial charge on any atom is -0.332 e. The molecule has 0 aliphatic carbocycles. The minimum atomic E-state index is -0.320. The molecule has 2 saturated heterocycles. The van der Waals surface area contributed by atoms with Crippen LogP contribution in [0.15, 0.2) is 36.7 Å². The Labute approximate surface area is 127 Å². The molecule has 1 aromatic heterocycles. The van der Waals surface area contributed by atoms with E-state index < -0.39 is 0 Å². The van der Waals surface area contributed by atoms with Crippen LogP contribution in [0, 0.1) is 5.82 Å². The maximum atomic E-state index is 13.8. The lowest BCUT2D eigenvalue weighted by atomic mass is 9.96. The minimum absolute atomic E-state index is 0.160. The highest BCUT2D eigenvalue weighted by Gasteiger charge is 2.39. The zero-order valence-corrected chi connectivity index (χ0v) is 12.0. The molecule has 1 aromatic carbocycles. The van der Waals surface area contributed by atoms with E-state index in [-0.39, 0.29) is 17.9 Å². The Kier molecular flexibility index (Phi) is 3.18. The molecule has 0 radical (unpaired) electrons. The van der Waals surface area contributed by atoms with Gasteiger partial charge in [0.2, 0.25) is 0 Å². The van der Waals surface area contributed by atoms with Crippen molar-refractivity contribution in [2.45, 2.75) is 37.4 Å². The highest BCUT2D eigenvalue weighted by Crippen LogP contribution is 2.28. The number of hydrogen-bond acceptors (Lipinski definition) is 3. The van der Waals surface area contributed by atoms with Crippen molar-refractivity contribution >= 4 is 6.03 Å². The van der Waals surface area contributed by atoms with E-state index in [1.807, 2.05) is 0 Å². The summed E-state index contributed by atoms with van der Waals surface area (Å²) in [6.45, 7) is 0. The fourth-order valence-corrected chi connectivity index (χ4v) is 3.48. The van der Waals surface area contributed by atoms with E-state index in [0.29, 0.717) is 23.2 Å². The van der Waals surface area contributed by atoms with Crippen LogP contribution >= 0.6 is 0 Å². The van der Waals surface area contributed by atoms with Crippen molar-refractivity contribution < 1.29 is 9.18 Å². The molecule has 3 atom stereocenters. The second kappa shape index (κ2) is 5.21. The quantitative estimate of drug-likeness (QED) is 0.893. The molecular formula is C16H17FN4O. The first-order valence-electron chi connectivity index (χ1n) is 7.57. The average molecular weight is 300 g/mol. The Bertz CT molecular complexity index is 714. The van der Waals surface area contributed by atoms with Crippen LogP contribution in [0.4, 0.5) is 9.18 Å². The molecule has 2 N–H and O–H groups in total. The standard InChI is InChI=1S/C16H17FN4O/c17-13-4-2-1-3-12(13)10-8-18-21(9-10)16(22)20-15-7-11-5-6-14(15)19-11/h1-4,8-9,11,14-15,19H,5-7H2,(H,20,22). The summed E-state index contributed by atoms with van der Waals surface area (Å²) in [7, 11) is 0. The van der Waals surface area contributed by atoms with E-state index in [4.69, 9.17) is 0 Å². The lowest BCUT2D eigenvalue weighted by molar-refractivity contribution is 0.233. The fraction of sp³-hybridized carbons (Fsp3) is 0.375. The SMILES string of the molecule is O=C(NC1CC2CCC1N2)n1cc(-c2ccccc2F)cn1. The predicted molar refractivity (Wildman–Crippen MR) is 79.9 cm³/mol. The molecule has 4 rings (SSSR count). The topological polar surface area (TPSA) is 59.0 Å². The van der Waals surface area contributed by atoms with Crippen molar-refractivity contribution in [2.24, 2.45) is 0 Å². The number of rotatable bonds is 2. The zero-order valence-electron chi connectivity index (χ0n) is 12.0. The third-order valence-corrected chi connectivity index (χ3v) is 4.58. The molecule has 3 heterocycles. The van der Waals surface area contributed by atoms with Gasteiger partial charge in [-0.25, -0.2) is 9.18 Å². The smallest absolute Gasteiger partial charge is 0.332 e. The lowest BCUT2D eigenvalue weighted by Gasteiger charge is -2.21. The van der Waals surface area contributed by atoms with Gasteiger partial charge in [0.25, 0.3) is 0 Å². The van der Waals surface area contributed by atoms with Gasteiger partial charge >= 0.3 is 6.03 Å². The number of aromatic nitrogens is 2. The number of benzene rings is 1. The summed E-state index contributed by atoms with van der Waals surface area (Å²) in [6, 6.07) is 7.27. The highest BCUT2D eigenvalue weighted by atomic mass is 19.1. The van der Waals surface area contributed by atoms with Crippen LogP contribution in [-0.2, 0) is 0 Å². The molecule has 114 valence electrons. The highest BCUT2D eigenvalue weighted by molar-refractivity contribution is 5.78. The summed E-state index contributed by atoms with van der Waals surface area (Å²) in [6.07, 6.45) is 6.34. The molecule has 3 unspecified atom stereocenters. The van der Waals surface area contributed by atoms with E-state index in [0.717, 1.165) is 12.8 Å². The number of halogens is 1. The van der Waals surface area contributed by atoms with Crippen LogP contribution in [0.25, 0.3) is 11.1 Å². The van der Waals surface area contributed by atoms with E-state index in [2.05, 4.69) is 15.7 Å². The van der Waals surface area contributed by atoms with Gasteiger partial charge in [0, 0.05) is 35.4 Å². The van der Waals surface area contributed by atoms with Gasteiger partial charge in [-0.2, -0.15) is 9.78 Å². The third-order valence-electron chi connectivity index (χ3n) is 4.58. The first-order valence-corrected chi connectivity index (χ1v) is 7.57. The summed E-state index contributed by atoms with van der Waals surface area (Å²) in [5.41, 5.74) is 1.04. The van der Waals surface area contributed by atoms with Crippen LogP contribution in [0.5, 0.6) is 0 Å². The van der Waals surface area contributed by atoms with Gasteiger partial charge in [-0.3, -0.25) is 0 Å². The lowest BCUT2D eigenvalue weighted by Crippen LogP contribution is -2.44. The molecule has 2 bridgehead atoms. The average Bonchev–Trinajstić information content (AvgIpc) is 3.24. The number of nitrogens with zero attached hydrogens (tertiary/aromatic N) is 2. The molecular weight excluding hydrogens is 283 g/mol. The fourth-order valence-electron chi connectivity index (χ4n) is 3.48. The van der Waals surface area contributed by atoms with Crippen molar-refractivity contribution in [3.63, 3.8) is 0 Å². The van der Waals surface area contributed by atoms with Gasteiger partial charge in [0.05, 0.1) is 6.20 Å². The van der Waals surface area contributed by atoms with Gasteiger partial charge in [-0.1, -0.05) is 18.2 Å². The molecule has 0 spiro atoms. The number of nitrogens with one attached hydrogen (secondary N) is 2. The van der Waals surface area contributed by atoms with Crippen LogP contribution in [-0.4, -0.2) is 33.9 Å². The van der Waals surface area contributed by atoms with Crippen LogP contribution in [0.3, 0.4) is 0 Å². The molecule has 2 aliphatic heterocycles. The maximum absolute atomic E-state index is 13.8. The normalized spacial score (nSPS) is 26.3. The Morgan fingerprint density at radius 2 is 2.23 bits per heavy atom. The van der Waals surface area contributed by atoms with E-state index in [1.165, 1.54) is 23.4 Å². The monoisotopic (exact) mass is 300 g/mol. The summed E-state index contributed by atoms with van der Waals surface area (Å²) in [5, 5.41) is 10.5. The number of fused-ring (bicyclic) bond motifs is 2. The van der Waals surface area contributed by atoms with Gasteiger partial charge in [0.15, 0.2) is 0 Å². The van der Waals surface area contributed by atoms with E-state index in [9.17, 15) is 9.18 Å². The Hall–Kier alpha value is -2.21. The van der Waals surface area contributed by atoms with Crippen LogP contribution in [0.2, 0.25) is 0 Å². The van der Waals surface area contributed by atoms with E-state index >= 15 is 0 Å². The van der Waals surface area contributed by atoms with Crippen molar-refractivity contribution in [1.29, 1.82) is 0 Å². The second-order valence-electron chi connectivity index (χ2n) is 5.99. The third kappa shape index (κ3) is 2.29. The number of carbonyl (C=O) groups excluding carboxylic acids is 1. The van der Waals surface area contributed by atoms with Gasteiger partial charge in [0.1, 0.15) is 5.82 Å². The number of carbonyl (C=O) groups is 1. The second-order valence-corrected chi connectivity index (χ2v) is 5.99. The van der Waals surface area contributed by atoms with E-state index in [1.54, 1.807) is 24.4 Å². The zero-order chi connectivity index (χ0) is 15.1. The molecule has 5 nitrogen and oxygen atoms in total. The summed E-state index contributed by atoms with van der Waals surface area (Å²) >= 11 is 0. The molecule has 6 heteroatoms. The van der Waals surface area contributed by atoms with Gasteiger partial charge < -0.3 is 10.6 Å². The molecule has 2 aromatic rings. The van der Waals surface area contributed by atoms with Crippen LogP contribution < -0.4 is 10.6 Å². The summed E-state index contributed by atoms with van der Waals surface area (Å²) in [5.74, 6) is -0.320. The van der Waals surface area contributed by atoms with Crippen molar-refractivity contribution in [1.82, 2.24) is 20.4 Å². The Morgan fingerprint density at radius 3 is 2.95 bits per heavy atom. The Morgan fingerprint density at radius 1 is 1.36 bits per heavy atom. The number of amides is 1. The largest absolute Gasteiger partial charge is 0.342 e. The molecule has 2 fully saturated rings. The van der Waals surface area contributed by atoms with Crippen molar-refractivity contribution in [2.75, 3.05) is 0 Å².